The topological polar surface area (TPSA) is 51.8 Å². The van der Waals surface area contributed by atoms with E-state index < -0.39 is 0 Å². The summed E-state index contributed by atoms with van der Waals surface area (Å²) in [5.41, 5.74) is 8.40. The fourth-order valence-corrected chi connectivity index (χ4v) is 3.21. The van der Waals surface area contributed by atoms with Gasteiger partial charge in [-0.1, -0.05) is 65.4 Å². The lowest BCUT2D eigenvalue weighted by Gasteiger charge is -2.06. The molecule has 1 heterocycles. The van der Waals surface area contributed by atoms with Gasteiger partial charge in [-0.25, -0.2) is 0 Å². The summed E-state index contributed by atoms with van der Waals surface area (Å²) in [5.74, 6) is 0. The minimum Gasteiger partial charge on any atom is -0.318 e. The lowest BCUT2D eigenvalue weighted by molar-refractivity contribution is 0.824. The number of halogens is 1. The highest BCUT2D eigenvalue weighted by atomic mass is 35.5. The molecule has 0 bridgehead atoms. The van der Waals surface area contributed by atoms with Crippen molar-refractivity contribution in [2.24, 2.45) is 5.73 Å². The molecule has 0 aliphatic carbocycles. The van der Waals surface area contributed by atoms with Crippen LogP contribution in [0, 0.1) is 0 Å². The molecule has 0 spiro atoms. The van der Waals surface area contributed by atoms with Crippen molar-refractivity contribution >= 4 is 22.9 Å². The van der Waals surface area contributed by atoms with Crippen molar-refractivity contribution < 1.29 is 0 Å². The summed E-state index contributed by atoms with van der Waals surface area (Å²) in [6, 6.07) is 17.5. The molecule has 0 aliphatic rings. The third kappa shape index (κ3) is 3.47. The van der Waals surface area contributed by atoms with E-state index in [0.29, 0.717) is 0 Å². The smallest absolute Gasteiger partial charge is 0.138 e. The minimum absolute atomic E-state index is 0.225. The minimum atomic E-state index is -0.225. The third-order valence-corrected chi connectivity index (χ3v) is 4.39. The molecule has 0 fully saturated rings. The lowest BCUT2D eigenvalue weighted by Crippen LogP contribution is -2.11. The van der Waals surface area contributed by atoms with E-state index in [9.17, 15) is 0 Å². The van der Waals surface area contributed by atoms with Gasteiger partial charge in [0.05, 0.1) is 6.04 Å². The Balaban J connectivity index is 1.77. The van der Waals surface area contributed by atoms with Crippen molar-refractivity contribution in [2.45, 2.75) is 12.5 Å². The van der Waals surface area contributed by atoms with Gasteiger partial charge in [-0.3, -0.25) is 0 Å². The fraction of sp³-hybridized carbons (Fsp3) is 0.125. The third-order valence-electron chi connectivity index (χ3n) is 3.15. The zero-order valence-corrected chi connectivity index (χ0v) is 12.8. The van der Waals surface area contributed by atoms with Crippen LogP contribution in [0.5, 0.6) is 0 Å². The molecule has 3 aromatic rings. The molecule has 1 atom stereocenters. The Bertz CT molecular complexity index is 727. The van der Waals surface area contributed by atoms with Gasteiger partial charge >= 0.3 is 0 Å². The fourth-order valence-electron chi connectivity index (χ4n) is 2.09. The van der Waals surface area contributed by atoms with E-state index in [-0.39, 0.29) is 6.04 Å². The van der Waals surface area contributed by atoms with Crippen LogP contribution in [-0.2, 0) is 6.42 Å². The molecule has 5 heteroatoms. The first-order chi connectivity index (χ1) is 10.2. The maximum atomic E-state index is 6.23. The number of aromatic nitrogens is 2. The number of benzene rings is 2. The molecule has 3 nitrogen and oxygen atoms in total. The molecule has 0 amide bonds. The SMILES string of the molecule is NC(c1ccccc1)c1nnc(Cc2cccc(Cl)c2)s1. The molecule has 0 saturated heterocycles. The maximum Gasteiger partial charge on any atom is 0.138 e. The van der Waals surface area contributed by atoms with Crippen molar-refractivity contribution in [1.82, 2.24) is 10.2 Å². The zero-order chi connectivity index (χ0) is 14.7. The van der Waals surface area contributed by atoms with Crippen LogP contribution in [0.2, 0.25) is 5.02 Å². The Morgan fingerprint density at radius 1 is 1.05 bits per heavy atom. The van der Waals surface area contributed by atoms with Crippen molar-refractivity contribution in [3.8, 4) is 0 Å². The van der Waals surface area contributed by atoms with Gasteiger partial charge in [-0.2, -0.15) is 0 Å². The summed E-state index contributed by atoms with van der Waals surface area (Å²) in [6.07, 6.45) is 0.722. The van der Waals surface area contributed by atoms with Crippen molar-refractivity contribution in [1.29, 1.82) is 0 Å². The van der Waals surface area contributed by atoms with E-state index in [2.05, 4.69) is 10.2 Å². The standard InChI is InChI=1S/C16H14ClN3S/c17-13-8-4-5-11(9-13)10-14-19-20-16(21-14)15(18)12-6-2-1-3-7-12/h1-9,15H,10,18H2. The molecule has 1 unspecified atom stereocenters. The average molecular weight is 316 g/mol. The van der Waals surface area contributed by atoms with Gasteiger partial charge in [0.25, 0.3) is 0 Å². The molecule has 0 aliphatic heterocycles. The highest BCUT2D eigenvalue weighted by Crippen LogP contribution is 2.24. The average Bonchev–Trinajstić information content (AvgIpc) is 2.96. The Kier molecular flexibility index (Phi) is 4.29. The summed E-state index contributed by atoms with van der Waals surface area (Å²) in [4.78, 5) is 0. The molecule has 3 rings (SSSR count). The zero-order valence-electron chi connectivity index (χ0n) is 11.2. The number of hydrogen-bond acceptors (Lipinski definition) is 4. The van der Waals surface area contributed by atoms with E-state index in [1.54, 1.807) is 11.3 Å². The second kappa shape index (κ2) is 6.35. The first-order valence-corrected chi connectivity index (χ1v) is 7.79. The first kappa shape index (κ1) is 14.2. The Morgan fingerprint density at radius 2 is 1.86 bits per heavy atom. The monoisotopic (exact) mass is 315 g/mol. The molecule has 0 saturated carbocycles. The van der Waals surface area contributed by atoms with Crippen LogP contribution in [0.1, 0.15) is 27.2 Å². The summed E-state index contributed by atoms with van der Waals surface area (Å²) in [5, 5.41) is 11.0. The summed E-state index contributed by atoms with van der Waals surface area (Å²) in [6.45, 7) is 0. The Labute approximate surface area is 132 Å². The van der Waals surface area contributed by atoms with Gasteiger partial charge in [0.1, 0.15) is 10.0 Å². The van der Waals surface area contributed by atoms with Crippen LogP contribution in [-0.4, -0.2) is 10.2 Å². The summed E-state index contributed by atoms with van der Waals surface area (Å²) in [7, 11) is 0. The van der Waals surface area contributed by atoms with Gasteiger partial charge in [-0.05, 0) is 23.3 Å². The van der Waals surface area contributed by atoms with Crippen LogP contribution in [0.25, 0.3) is 0 Å². The predicted molar refractivity (Wildman–Crippen MR) is 86.6 cm³/mol. The van der Waals surface area contributed by atoms with Gasteiger partial charge in [-0.15, -0.1) is 10.2 Å². The van der Waals surface area contributed by atoms with Crippen LogP contribution in [0.15, 0.2) is 54.6 Å². The predicted octanol–water partition coefficient (Wildman–Crippen LogP) is 3.83. The molecule has 2 N–H and O–H groups in total. The quantitative estimate of drug-likeness (QED) is 0.796. The van der Waals surface area contributed by atoms with Gasteiger partial charge < -0.3 is 5.73 Å². The van der Waals surface area contributed by atoms with E-state index >= 15 is 0 Å². The lowest BCUT2D eigenvalue weighted by atomic mass is 10.1. The van der Waals surface area contributed by atoms with Gasteiger partial charge in [0, 0.05) is 11.4 Å². The van der Waals surface area contributed by atoms with Crippen molar-refractivity contribution in [2.75, 3.05) is 0 Å². The second-order valence-electron chi connectivity index (χ2n) is 4.73. The summed E-state index contributed by atoms with van der Waals surface area (Å²) < 4.78 is 0. The molecular weight excluding hydrogens is 302 g/mol. The second-order valence-corrected chi connectivity index (χ2v) is 6.26. The Morgan fingerprint density at radius 3 is 2.62 bits per heavy atom. The molecule has 106 valence electrons. The highest BCUT2D eigenvalue weighted by molar-refractivity contribution is 7.11. The van der Waals surface area contributed by atoms with E-state index in [1.165, 1.54) is 0 Å². The molecular formula is C16H14ClN3S. The maximum absolute atomic E-state index is 6.23. The van der Waals surface area contributed by atoms with Gasteiger partial charge in [0.15, 0.2) is 0 Å². The number of nitrogens with two attached hydrogens (primary N) is 1. The van der Waals surface area contributed by atoms with Gasteiger partial charge in [0.2, 0.25) is 0 Å². The molecule has 0 radical (unpaired) electrons. The number of nitrogens with zero attached hydrogens (tertiary/aromatic N) is 2. The van der Waals surface area contributed by atoms with Crippen LogP contribution >= 0.6 is 22.9 Å². The largest absolute Gasteiger partial charge is 0.318 e. The van der Waals surface area contributed by atoms with Crippen LogP contribution in [0.3, 0.4) is 0 Å². The van der Waals surface area contributed by atoms with Crippen LogP contribution < -0.4 is 5.73 Å². The molecule has 2 aromatic carbocycles. The van der Waals surface area contributed by atoms with Crippen LogP contribution in [0.4, 0.5) is 0 Å². The van der Waals surface area contributed by atoms with E-state index in [1.807, 2.05) is 54.6 Å². The normalized spacial score (nSPS) is 12.3. The molecule has 1 aromatic heterocycles. The van der Waals surface area contributed by atoms with Crippen molar-refractivity contribution in [3.05, 3.63) is 80.8 Å². The van der Waals surface area contributed by atoms with E-state index in [0.717, 1.165) is 32.6 Å². The highest BCUT2D eigenvalue weighted by Gasteiger charge is 2.14. The Hall–Kier alpha value is -1.75. The summed E-state index contributed by atoms with van der Waals surface area (Å²) >= 11 is 7.54. The number of hydrogen-bond donors (Lipinski definition) is 1. The van der Waals surface area contributed by atoms with Crippen molar-refractivity contribution in [3.63, 3.8) is 0 Å². The molecule has 21 heavy (non-hydrogen) atoms. The first-order valence-electron chi connectivity index (χ1n) is 6.59. The number of rotatable bonds is 4. The van der Waals surface area contributed by atoms with E-state index in [4.69, 9.17) is 17.3 Å².